The van der Waals surface area contributed by atoms with Crippen molar-refractivity contribution in [3.63, 3.8) is 0 Å². The summed E-state index contributed by atoms with van der Waals surface area (Å²) in [6, 6.07) is 4.35. The number of aliphatic hydroxyl groups is 1. The second kappa shape index (κ2) is 4.65. The second-order valence-corrected chi connectivity index (χ2v) is 5.89. The van der Waals surface area contributed by atoms with Crippen molar-refractivity contribution in [3.8, 4) is 0 Å². The van der Waals surface area contributed by atoms with E-state index in [-0.39, 0.29) is 18.3 Å². The predicted molar refractivity (Wildman–Crippen MR) is 71.4 cm³/mol. The molecule has 2 heterocycles. The van der Waals surface area contributed by atoms with E-state index in [4.69, 9.17) is 9.47 Å². The Morgan fingerprint density at radius 1 is 1.25 bits per heavy atom. The molecule has 2 aliphatic heterocycles. The van der Waals surface area contributed by atoms with Crippen molar-refractivity contribution < 1.29 is 19.4 Å². The van der Waals surface area contributed by atoms with E-state index in [9.17, 15) is 9.90 Å². The average molecular weight is 274 g/mol. The fourth-order valence-electron chi connectivity index (χ4n) is 3.78. The molecule has 0 aromatic heterocycles. The predicted octanol–water partition coefficient (Wildman–Crippen LogP) is 1.47. The second-order valence-electron chi connectivity index (χ2n) is 5.89. The quantitative estimate of drug-likeness (QED) is 0.842. The summed E-state index contributed by atoms with van der Waals surface area (Å²) >= 11 is 0. The molecule has 1 aromatic carbocycles. The molecule has 1 saturated heterocycles. The van der Waals surface area contributed by atoms with E-state index >= 15 is 0 Å². The average Bonchev–Trinajstić information content (AvgIpc) is 2.94. The highest BCUT2D eigenvalue weighted by Crippen LogP contribution is 2.42. The number of Topliss-reactive ketones (excluding diaryl/α,β-unsaturated/α-hetero) is 1. The number of rotatable bonds is 1. The third-order valence-corrected chi connectivity index (χ3v) is 4.80. The number of carbonyl (C=O) groups is 1. The molecule has 4 nitrogen and oxygen atoms in total. The third-order valence-electron chi connectivity index (χ3n) is 4.80. The summed E-state index contributed by atoms with van der Waals surface area (Å²) in [5.41, 5.74) is 5.35. The summed E-state index contributed by atoms with van der Waals surface area (Å²) in [5.74, 6) is -0.0364. The Morgan fingerprint density at radius 2 is 2.15 bits per heavy atom. The van der Waals surface area contributed by atoms with E-state index in [1.165, 1.54) is 28.7 Å². The van der Waals surface area contributed by atoms with E-state index < -0.39 is 12.4 Å². The van der Waals surface area contributed by atoms with Crippen molar-refractivity contribution in [1.82, 2.24) is 0 Å². The Labute approximate surface area is 117 Å². The first-order valence-corrected chi connectivity index (χ1v) is 7.32. The molecule has 0 saturated carbocycles. The topological polar surface area (TPSA) is 55.8 Å². The van der Waals surface area contributed by atoms with Crippen LogP contribution < -0.4 is 0 Å². The van der Waals surface area contributed by atoms with Gasteiger partial charge < -0.3 is 14.6 Å². The molecular formula is C16H18O4. The van der Waals surface area contributed by atoms with Crippen molar-refractivity contribution >= 4 is 5.78 Å². The number of hydrogen-bond donors (Lipinski definition) is 1. The maximum atomic E-state index is 12.0. The molecule has 4 heteroatoms. The van der Waals surface area contributed by atoms with E-state index in [0.717, 1.165) is 12.8 Å². The first kappa shape index (κ1) is 12.5. The van der Waals surface area contributed by atoms with Crippen LogP contribution in [-0.4, -0.2) is 29.9 Å². The fourth-order valence-corrected chi connectivity index (χ4v) is 3.78. The molecule has 3 aliphatic rings. The molecule has 0 radical (unpaired) electrons. The van der Waals surface area contributed by atoms with Crippen molar-refractivity contribution in [2.24, 2.45) is 0 Å². The van der Waals surface area contributed by atoms with E-state index in [2.05, 4.69) is 12.1 Å². The lowest BCUT2D eigenvalue weighted by atomic mass is 9.82. The van der Waals surface area contributed by atoms with Gasteiger partial charge in [-0.1, -0.05) is 12.1 Å². The van der Waals surface area contributed by atoms with E-state index in [1.807, 2.05) is 0 Å². The van der Waals surface area contributed by atoms with Gasteiger partial charge in [-0.2, -0.15) is 0 Å². The molecule has 0 spiro atoms. The van der Waals surface area contributed by atoms with Gasteiger partial charge in [0, 0.05) is 12.3 Å². The van der Waals surface area contributed by atoms with Crippen molar-refractivity contribution in [2.75, 3.05) is 6.61 Å². The van der Waals surface area contributed by atoms with Gasteiger partial charge in [0.2, 0.25) is 0 Å². The van der Waals surface area contributed by atoms with Gasteiger partial charge in [-0.15, -0.1) is 0 Å². The highest BCUT2D eigenvalue weighted by molar-refractivity contribution is 5.85. The molecule has 1 fully saturated rings. The highest BCUT2D eigenvalue weighted by Gasteiger charge is 2.42. The summed E-state index contributed by atoms with van der Waals surface area (Å²) in [7, 11) is 0. The van der Waals surface area contributed by atoms with Gasteiger partial charge in [0.25, 0.3) is 0 Å². The van der Waals surface area contributed by atoms with Crippen LogP contribution in [-0.2, 0) is 33.7 Å². The molecule has 106 valence electrons. The van der Waals surface area contributed by atoms with Crippen LogP contribution in [0, 0.1) is 0 Å². The van der Waals surface area contributed by atoms with Crippen LogP contribution in [0.2, 0.25) is 0 Å². The highest BCUT2D eigenvalue weighted by atomic mass is 16.7. The lowest BCUT2D eigenvalue weighted by Crippen LogP contribution is -2.45. The van der Waals surface area contributed by atoms with Gasteiger partial charge in [0.05, 0.1) is 13.2 Å². The van der Waals surface area contributed by atoms with Crippen molar-refractivity contribution in [1.29, 1.82) is 0 Å². The molecule has 1 N–H and O–H groups in total. The normalized spacial score (nSPS) is 31.6. The molecule has 3 atom stereocenters. The summed E-state index contributed by atoms with van der Waals surface area (Å²) in [4.78, 5) is 12.0. The monoisotopic (exact) mass is 274 g/mol. The van der Waals surface area contributed by atoms with E-state index in [1.54, 1.807) is 0 Å². The summed E-state index contributed by atoms with van der Waals surface area (Å²) in [6.07, 6.45) is 2.78. The molecule has 0 amide bonds. The van der Waals surface area contributed by atoms with Crippen LogP contribution in [0.5, 0.6) is 0 Å². The van der Waals surface area contributed by atoms with Crippen LogP contribution in [0.3, 0.4) is 0 Å². The third kappa shape index (κ3) is 1.75. The molecule has 1 aromatic rings. The van der Waals surface area contributed by atoms with Crippen LogP contribution in [0.1, 0.15) is 41.0 Å². The minimum absolute atomic E-state index is 0.0139. The molecular weight excluding hydrogens is 256 g/mol. The van der Waals surface area contributed by atoms with Crippen LogP contribution >= 0.6 is 0 Å². The Bertz CT molecular complexity index is 566. The zero-order valence-corrected chi connectivity index (χ0v) is 11.3. The van der Waals surface area contributed by atoms with Gasteiger partial charge in [-0.05, 0) is 41.5 Å². The SMILES string of the molecule is O=C1C[C@H]2c3ccc4c(c3CO[C@H]2OC1CO)CCC4. The van der Waals surface area contributed by atoms with Crippen LogP contribution in [0.25, 0.3) is 0 Å². The molecule has 0 bridgehead atoms. The van der Waals surface area contributed by atoms with E-state index in [0.29, 0.717) is 13.0 Å². The number of fused-ring (bicyclic) bond motifs is 5. The van der Waals surface area contributed by atoms with Crippen LogP contribution in [0.4, 0.5) is 0 Å². The molecule has 4 rings (SSSR count). The first-order chi connectivity index (χ1) is 9.78. The molecule has 1 aliphatic carbocycles. The van der Waals surface area contributed by atoms with Gasteiger partial charge in [-0.3, -0.25) is 4.79 Å². The van der Waals surface area contributed by atoms with Gasteiger partial charge >= 0.3 is 0 Å². The zero-order valence-electron chi connectivity index (χ0n) is 11.3. The number of hydrogen-bond acceptors (Lipinski definition) is 4. The smallest absolute Gasteiger partial charge is 0.166 e. The Morgan fingerprint density at radius 3 is 3.00 bits per heavy atom. The summed E-state index contributed by atoms with van der Waals surface area (Å²) < 4.78 is 11.4. The fraction of sp³-hybridized carbons (Fsp3) is 0.562. The standard InChI is InChI=1S/C16H18O4/c17-7-15-14(18)6-12-11-5-4-9-2-1-3-10(9)13(11)8-19-16(12)20-15/h4-5,12,15-17H,1-3,6-8H2/t12-,15?,16-/m0/s1. The maximum absolute atomic E-state index is 12.0. The minimum atomic E-state index is -0.716. The van der Waals surface area contributed by atoms with Gasteiger partial charge in [0.15, 0.2) is 12.1 Å². The molecule has 1 unspecified atom stereocenters. The number of aryl methyl sites for hydroxylation is 1. The zero-order chi connectivity index (χ0) is 13.7. The Hall–Kier alpha value is -1.23. The Balaban J connectivity index is 1.72. The number of ether oxygens (including phenoxy) is 2. The number of aliphatic hydroxyl groups excluding tert-OH is 1. The lowest BCUT2D eigenvalue weighted by Gasteiger charge is -2.39. The Kier molecular flexibility index (Phi) is 2.91. The van der Waals surface area contributed by atoms with Crippen LogP contribution in [0.15, 0.2) is 12.1 Å². The minimum Gasteiger partial charge on any atom is -0.393 e. The lowest BCUT2D eigenvalue weighted by molar-refractivity contribution is -0.218. The van der Waals surface area contributed by atoms with Crippen molar-refractivity contribution in [2.45, 2.75) is 50.6 Å². The number of carbonyl (C=O) groups excluding carboxylic acids is 1. The molecule has 20 heavy (non-hydrogen) atoms. The summed E-state index contributed by atoms with van der Waals surface area (Å²) in [6.45, 7) is 0.300. The number of benzene rings is 1. The first-order valence-electron chi connectivity index (χ1n) is 7.32. The van der Waals surface area contributed by atoms with Crippen molar-refractivity contribution in [3.05, 3.63) is 34.4 Å². The number of ketones is 1. The largest absolute Gasteiger partial charge is 0.393 e. The summed E-state index contributed by atoms with van der Waals surface area (Å²) in [5, 5.41) is 9.17. The van der Waals surface area contributed by atoms with Gasteiger partial charge in [-0.25, -0.2) is 0 Å². The maximum Gasteiger partial charge on any atom is 0.166 e. The van der Waals surface area contributed by atoms with Gasteiger partial charge in [0.1, 0.15) is 6.10 Å².